The molecule has 0 fully saturated rings. The molecule has 0 aromatic heterocycles. The fourth-order valence-corrected chi connectivity index (χ4v) is 6.55. The topological polar surface area (TPSA) is 86.2 Å². The molecule has 0 radical (unpaired) electrons. The lowest BCUT2D eigenvalue weighted by molar-refractivity contribution is -0.141. The van der Waals surface area contributed by atoms with E-state index in [2.05, 4.69) is 0 Å². The molecule has 2 aromatic rings. The summed E-state index contributed by atoms with van der Waals surface area (Å²) in [6.07, 6.45) is -7.63. The number of aryl methyl sites for hydroxylation is 2. The molecule has 2 aromatic carbocycles. The Hall–Kier alpha value is -2.34. The summed E-state index contributed by atoms with van der Waals surface area (Å²) in [4.78, 5) is 22.8. The Morgan fingerprint density at radius 1 is 0.694 bits per heavy atom. The van der Waals surface area contributed by atoms with Crippen molar-refractivity contribution in [2.45, 2.75) is 74.5 Å². The normalized spacial score (nSPS) is 12.1. The number of hydrogen-bond donors (Lipinski definition) is 2. The number of nitrogens with two attached hydrogens (primary N) is 2. The molecule has 0 atom stereocenters. The van der Waals surface area contributed by atoms with Gasteiger partial charge in [-0.1, -0.05) is 60.4 Å². The second-order valence-corrected chi connectivity index (χ2v) is 10.2. The Morgan fingerprint density at radius 2 is 1.03 bits per heavy atom. The van der Waals surface area contributed by atoms with Crippen LogP contribution in [0, 0.1) is 0 Å². The summed E-state index contributed by atoms with van der Waals surface area (Å²) >= 11 is 0. The first-order chi connectivity index (χ1) is 16.7. The van der Waals surface area contributed by atoms with Crippen molar-refractivity contribution < 1.29 is 35.9 Å². The predicted octanol–water partition coefficient (Wildman–Crippen LogP) is 7.41. The van der Waals surface area contributed by atoms with E-state index in [1.807, 2.05) is 0 Å². The van der Waals surface area contributed by atoms with Crippen LogP contribution in [0.1, 0.15) is 82.5 Å². The second kappa shape index (κ2) is 12.3. The lowest BCUT2D eigenvalue weighted by Gasteiger charge is -2.21. The number of primary amides is 2. The summed E-state index contributed by atoms with van der Waals surface area (Å²) in [5, 5.41) is 0. The van der Waals surface area contributed by atoms with Crippen LogP contribution >= 0.6 is 21.6 Å². The van der Waals surface area contributed by atoms with E-state index in [1.54, 1.807) is 13.8 Å². The molecule has 0 bridgehead atoms. The zero-order valence-electron chi connectivity index (χ0n) is 19.6. The Bertz CT molecular complexity index is 1030. The van der Waals surface area contributed by atoms with Crippen LogP contribution in [0.15, 0.2) is 34.1 Å². The predicted molar refractivity (Wildman–Crippen MR) is 129 cm³/mol. The van der Waals surface area contributed by atoms with Crippen molar-refractivity contribution in [3.63, 3.8) is 0 Å². The quantitative estimate of drug-likeness (QED) is 0.225. The van der Waals surface area contributed by atoms with Crippen molar-refractivity contribution in [1.29, 1.82) is 0 Å². The molecule has 198 valence electrons. The molecule has 0 saturated heterocycles. The maximum atomic E-state index is 14.2. The minimum absolute atomic E-state index is 0.0510. The molecule has 0 saturated carbocycles. The molecule has 2 rings (SSSR count). The molecule has 0 aliphatic carbocycles. The second-order valence-electron chi connectivity index (χ2n) is 8.05. The lowest BCUT2D eigenvalue weighted by atomic mass is 9.98. The number of carbonyl (C=O) groups excluding carboxylic acids is 2. The third-order valence-corrected chi connectivity index (χ3v) is 7.91. The Kier molecular flexibility index (Phi) is 10.2. The number of amides is 2. The van der Waals surface area contributed by atoms with Crippen molar-refractivity contribution in [2.75, 3.05) is 0 Å². The van der Waals surface area contributed by atoms with Crippen LogP contribution in [0.2, 0.25) is 0 Å². The molecule has 36 heavy (non-hydrogen) atoms. The van der Waals surface area contributed by atoms with Gasteiger partial charge in [0.25, 0.3) is 0 Å². The summed E-state index contributed by atoms with van der Waals surface area (Å²) in [5.41, 5.74) is 7.25. The number of alkyl halides is 6. The molecular formula is C24H26F6N2O2S2. The number of rotatable bonds is 11. The van der Waals surface area contributed by atoms with E-state index in [0.717, 1.165) is 24.3 Å². The van der Waals surface area contributed by atoms with Gasteiger partial charge in [0.2, 0.25) is 11.8 Å². The number of carbonyl (C=O) groups is 2. The monoisotopic (exact) mass is 552 g/mol. The van der Waals surface area contributed by atoms with Crippen molar-refractivity contribution in [2.24, 2.45) is 11.5 Å². The van der Waals surface area contributed by atoms with E-state index in [-0.39, 0.29) is 24.0 Å². The fraction of sp³-hybridized carbons (Fsp3) is 0.417. The van der Waals surface area contributed by atoms with Gasteiger partial charge in [-0.2, -0.15) is 26.3 Å². The maximum Gasteiger partial charge on any atom is 0.417 e. The van der Waals surface area contributed by atoms with E-state index < -0.39 is 56.2 Å². The Morgan fingerprint density at radius 3 is 1.28 bits per heavy atom. The van der Waals surface area contributed by atoms with Crippen molar-refractivity contribution in [3.8, 4) is 0 Å². The summed E-state index contributed by atoms with van der Waals surface area (Å²) < 4.78 is 84.9. The van der Waals surface area contributed by atoms with Gasteiger partial charge in [0.05, 0.1) is 22.3 Å². The maximum absolute atomic E-state index is 14.2. The van der Waals surface area contributed by atoms with Gasteiger partial charge in [0, 0.05) is 9.79 Å². The van der Waals surface area contributed by atoms with Gasteiger partial charge in [-0.15, -0.1) is 0 Å². The molecule has 0 aliphatic heterocycles. The summed E-state index contributed by atoms with van der Waals surface area (Å²) in [7, 11) is 0.624. The zero-order chi connectivity index (χ0) is 27.3. The molecule has 4 N–H and O–H groups in total. The molecule has 4 nitrogen and oxygen atoms in total. The van der Waals surface area contributed by atoms with Crippen molar-refractivity contribution >= 4 is 33.4 Å². The largest absolute Gasteiger partial charge is 0.417 e. The Labute approximate surface area is 213 Å². The van der Waals surface area contributed by atoms with Gasteiger partial charge in [-0.3, -0.25) is 9.59 Å². The number of unbranched alkanes of at least 4 members (excludes halogenated alkanes) is 2. The van der Waals surface area contributed by atoms with Gasteiger partial charge in [0.1, 0.15) is 0 Å². The van der Waals surface area contributed by atoms with Gasteiger partial charge in [0.15, 0.2) is 0 Å². The number of benzene rings is 2. The lowest BCUT2D eigenvalue weighted by Crippen LogP contribution is -2.19. The number of halogens is 6. The molecule has 12 heteroatoms. The van der Waals surface area contributed by atoms with E-state index in [9.17, 15) is 35.9 Å². The minimum atomic E-state index is -4.90. The fourth-order valence-electron chi connectivity index (χ4n) is 3.66. The molecular weight excluding hydrogens is 526 g/mol. The van der Waals surface area contributed by atoms with Crippen LogP contribution in [0.4, 0.5) is 26.3 Å². The highest BCUT2D eigenvalue weighted by molar-refractivity contribution is 8.76. The van der Waals surface area contributed by atoms with Gasteiger partial charge in [-0.05, 0) is 48.9 Å². The van der Waals surface area contributed by atoms with Gasteiger partial charge in [-0.25, -0.2) is 0 Å². The summed E-state index contributed by atoms with van der Waals surface area (Å²) in [5.74, 6) is -2.32. The Balaban J connectivity index is 2.75. The first kappa shape index (κ1) is 29.9. The third kappa shape index (κ3) is 7.12. The third-order valence-electron chi connectivity index (χ3n) is 5.39. The number of hydrogen-bond acceptors (Lipinski definition) is 4. The highest BCUT2D eigenvalue weighted by atomic mass is 33.1. The SMILES string of the molecule is CCCCc1ccc(C(N)=O)c(SSc2c(C(N)=O)ccc(CCCC)c2C(F)(F)F)c1C(F)(F)F. The average Bonchev–Trinajstić information content (AvgIpc) is 2.77. The minimum Gasteiger partial charge on any atom is -0.366 e. The summed E-state index contributed by atoms with van der Waals surface area (Å²) in [6.45, 7) is 3.60. The van der Waals surface area contributed by atoms with E-state index in [1.165, 1.54) is 0 Å². The smallest absolute Gasteiger partial charge is 0.366 e. The van der Waals surface area contributed by atoms with Gasteiger partial charge < -0.3 is 11.5 Å². The van der Waals surface area contributed by atoms with E-state index in [0.29, 0.717) is 47.3 Å². The zero-order valence-corrected chi connectivity index (χ0v) is 21.2. The average molecular weight is 553 g/mol. The van der Waals surface area contributed by atoms with Crippen LogP contribution in [-0.4, -0.2) is 11.8 Å². The van der Waals surface area contributed by atoms with E-state index >= 15 is 0 Å². The highest BCUT2D eigenvalue weighted by Crippen LogP contribution is 2.51. The van der Waals surface area contributed by atoms with Crippen LogP contribution in [0.3, 0.4) is 0 Å². The first-order valence-corrected chi connectivity index (χ1v) is 13.3. The molecule has 0 spiro atoms. The van der Waals surface area contributed by atoms with Gasteiger partial charge >= 0.3 is 12.4 Å². The van der Waals surface area contributed by atoms with E-state index in [4.69, 9.17) is 11.5 Å². The molecule has 0 unspecified atom stereocenters. The molecule has 0 aliphatic rings. The first-order valence-electron chi connectivity index (χ1n) is 11.1. The van der Waals surface area contributed by atoms with Crippen molar-refractivity contribution in [3.05, 3.63) is 57.6 Å². The summed E-state index contributed by atoms with van der Waals surface area (Å²) in [6, 6.07) is 4.61. The highest BCUT2D eigenvalue weighted by Gasteiger charge is 2.40. The van der Waals surface area contributed by atoms with Crippen LogP contribution in [0.5, 0.6) is 0 Å². The molecule has 0 heterocycles. The standard InChI is InChI=1S/C24H26F6N2O2S2/c1-3-5-7-13-9-11-15(21(31)33)19(17(13)23(25,26)27)35-36-20-16(22(32)34)12-10-14(8-6-4-2)18(20)24(28,29)30/h9-12H,3-8H2,1-2H3,(H2,31,33)(H2,32,34). The molecule has 2 amide bonds. The van der Waals surface area contributed by atoms with Crippen LogP contribution in [0.25, 0.3) is 0 Å². The van der Waals surface area contributed by atoms with Crippen LogP contribution < -0.4 is 11.5 Å². The van der Waals surface area contributed by atoms with Crippen LogP contribution in [-0.2, 0) is 25.2 Å². The van der Waals surface area contributed by atoms with Crippen molar-refractivity contribution in [1.82, 2.24) is 0 Å².